The second-order valence-electron chi connectivity index (χ2n) is 6.81. The zero-order valence-corrected chi connectivity index (χ0v) is 16.5. The Bertz CT molecular complexity index is 929. The maximum absolute atomic E-state index is 12.3. The van der Waals surface area contributed by atoms with Gasteiger partial charge in [0.1, 0.15) is 12.3 Å². The van der Waals surface area contributed by atoms with E-state index in [0.29, 0.717) is 11.4 Å². The SMILES string of the molecule is Cc1ccc(NCC(=O)NNC(=O)CN2C(=O)CCOc3ccccc32)c(C)c1. The minimum Gasteiger partial charge on any atom is -0.491 e. The van der Waals surface area contributed by atoms with Crippen LogP contribution in [0.4, 0.5) is 11.4 Å². The minimum atomic E-state index is -0.505. The Morgan fingerprint density at radius 2 is 1.83 bits per heavy atom. The molecule has 0 radical (unpaired) electrons. The zero-order chi connectivity index (χ0) is 20.8. The van der Waals surface area contributed by atoms with Gasteiger partial charge < -0.3 is 10.1 Å². The van der Waals surface area contributed by atoms with Crippen molar-refractivity contribution in [2.75, 3.05) is 29.9 Å². The van der Waals surface area contributed by atoms with Gasteiger partial charge >= 0.3 is 0 Å². The third-order valence-electron chi connectivity index (χ3n) is 4.49. The molecule has 0 fully saturated rings. The van der Waals surface area contributed by atoms with Gasteiger partial charge in [-0.25, -0.2) is 0 Å². The number of para-hydroxylation sites is 2. The van der Waals surface area contributed by atoms with Gasteiger partial charge in [-0.15, -0.1) is 0 Å². The molecule has 1 aliphatic rings. The molecule has 0 aromatic heterocycles. The van der Waals surface area contributed by atoms with Gasteiger partial charge in [0, 0.05) is 5.69 Å². The van der Waals surface area contributed by atoms with Gasteiger partial charge in [-0.3, -0.25) is 30.1 Å². The smallest absolute Gasteiger partial charge is 0.258 e. The molecule has 8 heteroatoms. The number of hydrogen-bond acceptors (Lipinski definition) is 5. The van der Waals surface area contributed by atoms with Crippen LogP contribution in [0.5, 0.6) is 5.75 Å². The molecule has 0 unspecified atom stereocenters. The molecule has 152 valence electrons. The molecule has 0 atom stereocenters. The highest BCUT2D eigenvalue weighted by atomic mass is 16.5. The average Bonchev–Trinajstić information content (AvgIpc) is 2.85. The van der Waals surface area contributed by atoms with Crippen molar-refractivity contribution >= 4 is 29.1 Å². The molecule has 1 aliphatic heterocycles. The van der Waals surface area contributed by atoms with Gasteiger partial charge in [0.25, 0.3) is 11.8 Å². The second kappa shape index (κ2) is 9.09. The van der Waals surface area contributed by atoms with Crippen LogP contribution in [-0.4, -0.2) is 37.4 Å². The zero-order valence-electron chi connectivity index (χ0n) is 16.5. The number of hydrogen-bond donors (Lipinski definition) is 3. The molecular weight excluding hydrogens is 372 g/mol. The number of anilines is 2. The molecule has 3 N–H and O–H groups in total. The molecule has 0 spiro atoms. The topological polar surface area (TPSA) is 99.8 Å². The maximum atomic E-state index is 12.3. The summed E-state index contributed by atoms with van der Waals surface area (Å²) in [6.07, 6.45) is 0.175. The Morgan fingerprint density at radius 3 is 2.62 bits per heavy atom. The number of rotatable bonds is 5. The van der Waals surface area contributed by atoms with Crippen molar-refractivity contribution in [3.8, 4) is 5.75 Å². The summed E-state index contributed by atoms with van der Waals surface area (Å²) >= 11 is 0. The molecule has 0 bridgehead atoms. The van der Waals surface area contributed by atoms with Gasteiger partial charge in [0.2, 0.25) is 5.91 Å². The Morgan fingerprint density at radius 1 is 1.07 bits per heavy atom. The Hall–Kier alpha value is -3.55. The monoisotopic (exact) mass is 396 g/mol. The first kappa shape index (κ1) is 20.2. The third kappa shape index (κ3) is 5.25. The van der Waals surface area contributed by atoms with E-state index in [4.69, 9.17) is 4.74 Å². The fourth-order valence-electron chi connectivity index (χ4n) is 3.05. The molecule has 0 saturated heterocycles. The highest BCUT2D eigenvalue weighted by Crippen LogP contribution is 2.30. The number of ether oxygens (including phenoxy) is 1. The summed E-state index contributed by atoms with van der Waals surface area (Å²) in [7, 11) is 0. The average molecular weight is 396 g/mol. The molecule has 3 rings (SSSR count). The summed E-state index contributed by atoms with van der Waals surface area (Å²) < 4.78 is 5.55. The highest BCUT2D eigenvalue weighted by molar-refractivity contribution is 6.00. The van der Waals surface area contributed by atoms with Crippen LogP contribution in [0.2, 0.25) is 0 Å². The van der Waals surface area contributed by atoms with Crippen LogP contribution in [0.3, 0.4) is 0 Å². The van der Waals surface area contributed by atoms with E-state index in [2.05, 4.69) is 16.2 Å². The Kier molecular flexibility index (Phi) is 6.33. The lowest BCUT2D eigenvalue weighted by molar-refractivity contribution is -0.128. The van der Waals surface area contributed by atoms with E-state index in [-0.39, 0.29) is 32.0 Å². The van der Waals surface area contributed by atoms with Crippen LogP contribution >= 0.6 is 0 Å². The first-order chi connectivity index (χ1) is 13.9. The number of benzene rings is 2. The van der Waals surface area contributed by atoms with Crippen molar-refractivity contribution in [3.05, 3.63) is 53.6 Å². The van der Waals surface area contributed by atoms with Crippen LogP contribution in [-0.2, 0) is 14.4 Å². The van der Waals surface area contributed by atoms with Gasteiger partial charge in [0.15, 0.2) is 0 Å². The lowest BCUT2D eigenvalue weighted by atomic mass is 10.1. The largest absolute Gasteiger partial charge is 0.491 e. The number of hydrazine groups is 1. The molecule has 3 amide bonds. The van der Waals surface area contributed by atoms with E-state index in [1.165, 1.54) is 4.90 Å². The minimum absolute atomic E-state index is 0.00347. The highest BCUT2D eigenvalue weighted by Gasteiger charge is 2.25. The van der Waals surface area contributed by atoms with Gasteiger partial charge in [-0.2, -0.15) is 0 Å². The van der Waals surface area contributed by atoms with Crippen LogP contribution in [0.25, 0.3) is 0 Å². The second-order valence-corrected chi connectivity index (χ2v) is 6.81. The van der Waals surface area contributed by atoms with E-state index >= 15 is 0 Å². The van der Waals surface area contributed by atoms with E-state index in [9.17, 15) is 14.4 Å². The van der Waals surface area contributed by atoms with Crippen molar-refractivity contribution in [1.82, 2.24) is 10.9 Å². The van der Waals surface area contributed by atoms with Crippen LogP contribution < -0.4 is 25.8 Å². The van der Waals surface area contributed by atoms with Crippen LogP contribution in [0.1, 0.15) is 17.5 Å². The van der Waals surface area contributed by atoms with E-state index in [1.54, 1.807) is 24.3 Å². The van der Waals surface area contributed by atoms with Crippen LogP contribution in [0, 0.1) is 13.8 Å². The molecule has 8 nitrogen and oxygen atoms in total. The van der Waals surface area contributed by atoms with Crippen molar-refractivity contribution in [2.45, 2.75) is 20.3 Å². The standard InChI is InChI=1S/C21H24N4O4/c1-14-7-8-16(15(2)11-14)22-12-19(26)23-24-20(27)13-25-17-5-3-4-6-18(17)29-10-9-21(25)28/h3-8,11,22H,9-10,12-13H2,1-2H3,(H,23,26)(H,24,27). The lowest BCUT2D eigenvalue weighted by Gasteiger charge is -2.21. The summed E-state index contributed by atoms with van der Waals surface area (Å²) in [6, 6.07) is 12.9. The summed E-state index contributed by atoms with van der Waals surface area (Å²) in [5.41, 5.74) is 8.26. The van der Waals surface area contributed by atoms with Crippen molar-refractivity contribution in [2.24, 2.45) is 0 Å². The first-order valence-corrected chi connectivity index (χ1v) is 9.35. The van der Waals surface area contributed by atoms with Crippen molar-refractivity contribution in [1.29, 1.82) is 0 Å². The van der Waals surface area contributed by atoms with Crippen molar-refractivity contribution < 1.29 is 19.1 Å². The quantitative estimate of drug-likeness (QED) is 0.668. The molecule has 29 heavy (non-hydrogen) atoms. The fraction of sp³-hybridized carbons (Fsp3) is 0.286. The summed E-state index contributed by atoms with van der Waals surface area (Å²) in [5, 5.41) is 3.03. The first-order valence-electron chi connectivity index (χ1n) is 9.35. The molecule has 2 aromatic rings. The Labute approximate surface area is 169 Å². The number of nitrogens with one attached hydrogen (secondary N) is 3. The molecule has 0 saturated carbocycles. The van der Waals surface area contributed by atoms with E-state index in [1.807, 2.05) is 32.0 Å². The summed E-state index contributed by atoms with van der Waals surface area (Å²) in [4.78, 5) is 38.0. The number of aryl methyl sites for hydroxylation is 2. The van der Waals surface area contributed by atoms with Gasteiger partial charge in [0.05, 0.1) is 25.3 Å². The normalized spacial score (nSPS) is 13.0. The number of nitrogens with zero attached hydrogens (tertiary/aromatic N) is 1. The van der Waals surface area contributed by atoms with Crippen molar-refractivity contribution in [3.63, 3.8) is 0 Å². The molecule has 1 heterocycles. The summed E-state index contributed by atoms with van der Waals surface area (Å²) in [5.74, 6) is -0.569. The predicted octanol–water partition coefficient (Wildman–Crippen LogP) is 1.68. The molecule has 2 aromatic carbocycles. The number of carbonyl (C=O) groups excluding carboxylic acids is 3. The maximum Gasteiger partial charge on any atom is 0.258 e. The van der Waals surface area contributed by atoms with E-state index in [0.717, 1.165) is 16.8 Å². The summed E-state index contributed by atoms with van der Waals surface area (Å²) in [6.45, 7) is 4.00. The molecular formula is C21H24N4O4. The van der Waals surface area contributed by atoms with Gasteiger partial charge in [-0.1, -0.05) is 29.8 Å². The van der Waals surface area contributed by atoms with Gasteiger partial charge in [-0.05, 0) is 37.6 Å². The van der Waals surface area contributed by atoms with E-state index < -0.39 is 11.8 Å². The third-order valence-corrected chi connectivity index (χ3v) is 4.49. The predicted molar refractivity (Wildman–Crippen MR) is 110 cm³/mol. The molecule has 0 aliphatic carbocycles. The number of fused-ring (bicyclic) bond motifs is 1. The number of amides is 3. The fourth-order valence-corrected chi connectivity index (χ4v) is 3.05. The number of carbonyl (C=O) groups is 3. The lowest BCUT2D eigenvalue weighted by Crippen LogP contribution is -2.49. The van der Waals surface area contributed by atoms with Crippen LogP contribution in [0.15, 0.2) is 42.5 Å². The Balaban J connectivity index is 1.51.